The maximum absolute atomic E-state index is 11.8. The molecule has 21 heavy (non-hydrogen) atoms. The quantitative estimate of drug-likeness (QED) is 0.838. The molecule has 3 N–H and O–H groups in total. The van der Waals surface area contributed by atoms with Crippen molar-refractivity contribution >= 4 is 12.0 Å². The fourth-order valence-electron chi connectivity index (χ4n) is 1.88. The van der Waals surface area contributed by atoms with Gasteiger partial charge in [0, 0.05) is 11.6 Å². The van der Waals surface area contributed by atoms with E-state index in [0.29, 0.717) is 17.9 Å². The Morgan fingerprint density at radius 1 is 1.43 bits per heavy atom. The number of aryl methyl sites for hydroxylation is 1. The predicted octanol–water partition coefficient (Wildman–Crippen LogP) is 1.73. The summed E-state index contributed by atoms with van der Waals surface area (Å²) in [5.74, 6) is 0.573. The Bertz CT molecular complexity index is 735. The lowest BCUT2D eigenvalue weighted by molar-refractivity contribution is 0.318. The van der Waals surface area contributed by atoms with E-state index in [9.17, 15) is 9.90 Å². The van der Waals surface area contributed by atoms with Gasteiger partial charge in [-0.15, -0.1) is 0 Å². The Morgan fingerprint density at radius 2 is 2.19 bits per heavy atom. The zero-order valence-corrected chi connectivity index (χ0v) is 11.9. The minimum absolute atomic E-state index is 0.0261. The lowest BCUT2D eigenvalue weighted by Gasteiger charge is -2.07. The number of hydrogen-bond acceptors (Lipinski definition) is 5. The summed E-state index contributed by atoms with van der Waals surface area (Å²) < 4.78 is 6.36. The molecule has 2 aromatic rings. The first-order valence-electron chi connectivity index (χ1n) is 6.51. The molecule has 0 aliphatic carbocycles. The van der Waals surface area contributed by atoms with Crippen LogP contribution in [0, 0.1) is 6.92 Å². The number of phenolic OH excluding ortho intramolecular Hbond substituents is 1. The van der Waals surface area contributed by atoms with Crippen molar-refractivity contribution in [2.45, 2.75) is 13.8 Å². The summed E-state index contributed by atoms with van der Waals surface area (Å²) in [6, 6.07) is 8.13. The Labute approximate surface area is 122 Å². The molecule has 0 aliphatic heterocycles. The van der Waals surface area contributed by atoms with Crippen LogP contribution < -0.4 is 16.0 Å². The average molecular weight is 287 g/mol. The largest absolute Gasteiger partial charge is 0.504 e. The van der Waals surface area contributed by atoms with Crippen LogP contribution in [0.15, 0.2) is 40.2 Å². The number of ether oxygens (including phenoxy) is 1. The van der Waals surface area contributed by atoms with Gasteiger partial charge in [-0.25, -0.2) is 0 Å². The molecule has 0 saturated carbocycles. The van der Waals surface area contributed by atoms with Gasteiger partial charge in [0.25, 0.3) is 5.56 Å². The molecular weight excluding hydrogens is 270 g/mol. The second-order valence-corrected chi connectivity index (χ2v) is 4.48. The second kappa shape index (κ2) is 6.13. The molecule has 0 fully saturated rings. The zero-order chi connectivity index (χ0) is 15.4. The van der Waals surface area contributed by atoms with E-state index in [1.54, 1.807) is 31.2 Å². The van der Waals surface area contributed by atoms with Gasteiger partial charge < -0.3 is 15.6 Å². The number of pyridine rings is 1. The van der Waals surface area contributed by atoms with E-state index in [-0.39, 0.29) is 17.1 Å². The smallest absolute Gasteiger partial charge is 0.273 e. The average Bonchev–Trinajstić information content (AvgIpc) is 2.41. The molecule has 1 aromatic heterocycles. The molecule has 0 radical (unpaired) electrons. The molecular formula is C15H17N3O3. The Balaban J connectivity index is 2.39. The lowest BCUT2D eigenvalue weighted by atomic mass is 10.2. The van der Waals surface area contributed by atoms with E-state index in [2.05, 4.69) is 5.10 Å². The number of para-hydroxylation sites is 1. The first kappa shape index (κ1) is 14.6. The number of aromatic nitrogens is 1. The zero-order valence-electron chi connectivity index (χ0n) is 11.9. The minimum Gasteiger partial charge on any atom is -0.504 e. The van der Waals surface area contributed by atoms with Crippen LogP contribution in [0.1, 0.15) is 18.1 Å². The SMILES string of the molecule is CCOc1cccc(/C=N/n2c(N)cc(C)cc2=O)c1O. The molecule has 0 aliphatic rings. The van der Waals surface area contributed by atoms with E-state index < -0.39 is 0 Å². The molecule has 110 valence electrons. The summed E-state index contributed by atoms with van der Waals surface area (Å²) in [5.41, 5.74) is 6.64. The standard InChI is InChI=1S/C15H17N3O3/c1-3-21-12-6-4-5-11(15(12)20)9-17-18-13(16)7-10(2)8-14(18)19/h4-9,20H,3,16H2,1-2H3/b17-9+. The van der Waals surface area contributed by atoms with Crippen molar-refractivity contribution in [3.8, 4) is 11.5 Å². The Morgan fingerprint density at radius 3 is 2.86 bits per heavy atom. The number of rotatable bonds is 4. The van der Waals surface area contributed by atoms with Crippen LogP contribution in [0.25, 0.3) is 0 Å². The lowest BCUT2D eigenvalue weighted by Crippen LogP contribution is -2.19. The van der Waals surface area contributed by atoms with Gasteiger partial charge in [-0.1, -0.05) is 6.07 Å². The maximum Gasteiger partial charge on any atom is 0.273 e. The first-order chi connectivity index (χ1) is 10.0. The first-order valence-corrected chi connectivity index (χ1v) is 6.51. The maximum atomic E-state index is 11.8. The summed E-state index contributed by atoms with van der Waals surface area (Å²) in [5, 5.41) is 14.1. The molecule has 6 heteroatoms. The molecule has 0 amide bonds. The van der Waals surface area contributed by atoms with Gasteiger partial charge in [-0.2, -0.15) is 9.78 Å². The number of phenols is 1. The van der Waals surface area contributed by atoms with Gasteiger partial charge in [-0.3, -0.25) is 4.79 Å². The van der Waals surface area contributed by atoms with Gasteiger partial charge in [0.05, 0.1) is 12.8 Å². The summed E-state index contributed by atoms with van der Waals surface area (Å²) in [6.07, 6.45) is 1.37. The summed E-state index contributed by atoms with van der Waals surface area (Å²) in [6.45, 7) is 4.05. The van der Waals surface area contributed by atoms with E-state index in [1.165, 1.54) is 12.3 Å². The number of nitrogens with zero attached hydrogens (tertiary/aromatic N) is 2. The minimum atomic E-state index is -0.329. The number of hydrogen-bond donors (Lipinski definition) is 2. The van der Waals surface area contributed by atoms with Crippen molar-refractivity contribution in [1.29, 1.82) is 0 Å². The van der Waals surface area contributed by atoms with Gasteiger partial charge >= 0.3 is 0 Å². The van der Waals surface area contributed by atoms with Gasteiger partial charge in [0.1, 0.15) is 5.82 Å². The second-order valence-electron chi connectivity index (χ2n) is 4.48. The van der Waals surface area contributed by atoms with Gasteiger partial charge in [-0.05, 0) is 37.6 Å². The fraction of sp³-hybridized carbons (Fsp3) is 0.200. The van der Waals surface area contributed by atoms with E-state index >= 15 is 0 Å². The van der Waals surface area contributed by atoms with Crippen LogP contribution in [0.4, 0.5) is 5.82 Å². The van der Waals surface area contributed by atoms with Crippen LogP contribution in [-0.2, 0) is 0 Å². The highest BCUT2D eigenvalue weighted by molar-refractivity contribution is 5.84. The van der Waals surface area contributed by atoms with Crippen molar-refractivity contribution in [2.24, 2.45) is 5.10 Å². The molecule has 0 unspecified atom stereocenters. The number of nitrogens with two attached hydrogens (primary N) is 1. The predicted molar refractivity (Wildman–Crippen MR) is 82.1 cm³/mol. The summed E-state index contributed by atoms with van der Waals surface area (Å²) in [7, 11) is 0. The van der Waals surface area contributed by atoms with Crippen LogP contribution in [-0.4, -0.2) is 22.6 Å². The highest BCUT2D eigenvalue weighted by Gasteiger charge is 2.06. The summed E-state index contributed by atoms with van der Waals surface area (Å²) in [4.78, 5) is 11.8. The highest BCUT2D eigenvalue weighted by Crippen LogP contribution is 2.28. The van der Waals surface area contributed by atoms with Crippen molar-refractivity contribution < 1.29 is 9.84 Å². The molecule has 0 atom stereocenters. The van der Waals surface area contributed by atoms with Gasteiger partial charge in [0.2, 0.25) is 0 Å². The highest BCUT2D eigenvalue weighted by atomic mass is 16.5. The monoisotopic (exact) mass is 287 g/mol. The third-order valence-corrected chi connectivity index (χ3v) is 2.82. The Kier molecular flexibility index (Phi) is 4.27. The van der Waals surface area contributed by atoms with Crippen LogP contribution in [0.5, 0.6) is 11.5 Å². The summed E-state index contributed by atoms with van der Waals surface area (Å²) >= 11 is 0. The van der Waals surface area contributed by atoms with Crippen LogP contribution in [0.3, 0.4) is 0 Å². The third kappa shape index (κ3) is 3.22. The molecule has 1 heterocycles. The topological polar surface area (TPSA) is 89.8 Å². The third-order valence-electron chi connectivity index (χ3n) is 2.82. The molecule has 6 nitrogen and oxygen atoms in total. The van der Waals surface area contributed by atoms with Crippen LogP contribution >= 0.6 is 0 Å². The Hall–Kier alpha value is -2.76. The van der Waals surface area contributed by atoms with Crippen molar-refractivity contribution in [3.63, 3.8) is 0 Å². The number of nitrogen functional groups attached to an aromatic ring is 1. The van der Waals surface area contributed by atoms with E-state index in [4.69, 9.17) is 10.5 Å². The fourth-order valence-corrected chi connectivity index (χ4v) is 1.88. The molecule has 1 aromatic carbocycles. The van der Waals surface area contributed by atoms with Crippen molar-refractivity contribution in [2.75, 3.05) is 12.3 Å². The van der Waals surface area contributed by atoms with E-state index in [1.807, 2.05) is 6.92 Å². The van der Waals surface area contributed by atoms with E-state index in [0.717, 1.165) is 10.2 Å². The molecule has 0 bridgehead atoms. The number of anilines is 1. The molecule has 2 rings (SSSR count). The number of benzene rings is 1. The van der Waals surface area contributed by atoms with Gasteiger partial charge in [0.15, 0.2) is 11.5 Å². The van der Waals surface area contributed by atoms with Crippen LogP contribution in [0.2, 0.25) is 0 Å². The molecule has 0 spiro atoms. The number of aromatic hydroxyl groups is 1. The normalized spacial score (nSPS) is 11.0. The van der Waals surface area contributed by atoms with Crippen molar-refractivity contribution in [3.05, 3.63) is 51.8 Å². The van der Waals surface area contributed by atoms with Crippen molar-refractivity contribution in [1.82, 2.24) is 4.68 Å². The molecule has 0 saturated heterocycles.